The minimum Gasteiger partial charge on any atom is -0.492 e. The quantitative estimate of drug-likeness (QED) is 0.889. The van der Waals surface area contributed by atoms with Gasteiger partial charge in [-0.3, -0.25) is 14.4 Å². The zero-order chi connectivity index (χ0) is 19.0. The fraction of sp³-hybridized carbons (Fsp3) is 0.421. The number of aryl methyl sites for hydroxylation is 1. The van der Waals surface area contributed by atoms with Crippen LogP contribution in [0.15, 0.2) is 24.4 Å². The Kier molecular flexibility index (Phi) is 4.47. The van der Waals surface area contributed by atoms with E-state index < -0.39 is 6.09 Å². The van der Waals surface area contributed by atoms with E-state index in [4.69, 9.17) is 9.47 Å². The Morgan fingerprint density at radius 2 is 2.26 bits per heavy atom. The molecule has 1 saturated heterocycles. The van der Waals surface area contributed by atoms with E-state index in [-0.39, 0.29) is 12.0 Å². The van der Waals surface area contributed by atoms with E-state index in [1.165, 1.54) is 12.5 Å². The number of fused-ring (bicyclic) bond motifs is 3. The van der Waals surface area contributed by atoms with Gasteiger partial charge >= 0.3 is 6.09 Å². The minimum atomic E-state index is -0.418. The van der Waals surface area contributed by atoms with Crippen LogP contribution in [0.1, 0.15) is 19.4 Å². The van der Waals surface area contributed by atoms with Crippen LogP contribution in [0, 0.1) is 0 Å². The third-order valence-corrected chi connectivity index (χ3v) is 4.83. The second-order valence-electron chi connectivity index (χ2n) is 6.67. The van der Waals surface area contributed by atoms with Crippen molar-refractivity contribution >= 4 is 17.7 Å². The van der Waals surface area contributed by atoms with Gasteiger partial charge in [0.25, 0.3) is 0 Å². The maximum atomic E-state index is 12.3. The summed E-state index contributed by atoms with van der Waals surface area (Å²) in [6.07, 6.45) is 1.91. The van der Waals surface area contributed by atoms with Crippen LogP contribution in [0.25, 0.3) is 11.3 Å². The van der Waals surface area contributed by atoms with Crippen molar-refractivity contribution in [3.05, 3.63) is 30.0 Å². The van der Waals surface area contributed by atoms with Crippen LogP contribution in [-0.4, -0.2) is 47.6 Å². The number of hydrogen-bond acceptors (Lipinski definition) is 5. The van der Waals surface area contributed by atoms with Crippen molar-refractivity contribution in [3.63, 3.8) is 0 Å². The summed E-state index contributed by atoms with van der Waals surface area (Å²) >= 11 is 0. The molecule has 2 aromatic rings. The second-order valence-corrected chi connectivity index (χ2v) is 6.67. The number of amides is 2. The van der Waals surface area contributed by atoms with Gasteiger partial charge in [0.15, 0.2) is 0 Å². The number of carbonyl (C=O) groups excluding carboxylic acids is 2. The molecule has 1 atom stereocenters. The predicted molar refractivity (Wildman–Crippen MR) is 98.8 cm³/mol. The smallest absolute Gasteiger partial charge is 0.414 e. The van der Waals surface area contributed by atoms with Gasteiger partial charge in [0.1, 0.15) is 11.9 Å². The molecule has 0 radical (unpaired) electrons. The molecule has 1 aromatic carbocycles. The molecule has 27 heavy (non-hydrogen) atoms. The van der Waals surface area contributed by atoms with Crippen molar-refractivity contribution in [2.75, 3.05) is 24.6 Å². The first-order valence-corrected chi connectivity index (χ1v) is 9.11. The van der Waals surface area contributed by atoms with Gasteiger partial charge in [-0.25, -0.2) is 4.79 Å². The van der Waals surface area contributed by atoms with Gasteiger partial charge in [-0.15, -0.1) is 0 Å². The molecule has 2 aliphatic heterocycles. The summed E-state index contributed by atoms with van der Waals surface area (Å²) in [6, 6.07) is 5.74. The summed E-state index contributed by atoms with van der Waals surface area (Å²) in [7, 11) is 0. The Hall–Kier alpha value is -3.03. The van der Waals surface area contributed by atoms with Gasteiger partial charge in [0.05, 0.1) is 37.3 Å². The molecule has 1 N–H and O–H groups in total. The van der Waals surface area contributed by atoms with Crippen LogP contribution >= 0.6 is 0 Å². The molecule has 1 aromatic heterocycles. The lowest BCUT2D eigenvalue weighted by Crippen LogP contribution is -2.33. The Balaban J connectivity index is 1.61. The molecule has 0 spiro atoms. The van der Waals surface area contributed by atoms with Crippen molar-refractivity contribution in [1.82, 2.24) is 15.1 Å². The highest BCUT2D eigenvalue weighted by atomic mass is 16.6. The summed E-state index contributed by atoms with van der Waals surface area (Å²) in [6.45, 7) is 5.53. The lowest BCUT2D eigenvalue weighted by atomic mass is 10.1. The Bertz CT molecular complexity index is 892. The average molecular weight is 370 g/mol. The van der Waals surface area contributed by atoms with E-state index in [1.54, 1.807) is 4.90 Å². The van der Waals surface area contributed by atoms with E-state index in [9.17, 15) is 9.59 Å². The fourth-order valence-electron chi connectivity index (χ4n) is 3.52. The van der Waals surface area contributed by atoms with Crippen molar-refractivity contribution in [2.45, 2.75) is 32.9 Å². The molecule has 3 heterocycles. The molecule has 8 nitrogen and oxygen atoms in total. The van der Waals surface area contributed by atoms with Crippen molar-refractivity contribution < 1.29 is 19.1 Å². The molecule has 142 valence electrons. The summed E-state index contributed by atoms with van der Waals surface area (Å²) in [5, 5.41) is 7.14. The van der Waals surface area contributed by atoms with E-state index in [0.29, 0.717) is 19.7 Å². The van der Waals surface area contributed by atoms with Crippen molar-refractivity contribution in [2.24, 2.45) is 0 Å². The Labute approximate surface area is 157 Å². The lowest BCUT2D eigenvalue weighted by molar-refractivity contribution is -0.119. The first-order valence-electron chi connectivity index (χ1n) is 9.11. The number of rotatable bonds is 4. The topological polar surface area (TPSA) is 85.7 Å². The van der Waals surface area contributed by atoms with E-state index in [0.717, 1.165) is 35.7 Å². The van der Waals surface area contributed by atoms with Crippen LogP contribution in [0.3, 0.4) is 0 Å². The van der Waals surface area contributed by atoms with Gasteiger partial charge in [-0.2, -0.15) is 5.10 Å². The van der Waals surface area contributed by atoms with Crippen molar-refractivity contribution in [1.29, 1.82) is 0 Å². The molecule has 0 unspecified atom stereocenters. The highest BCUT2D eigenvalue weighted by Gasteiger charge is 2.33. The zero-order valence-corrected chi connectivity index (χ0v) is 15.4. The molecule has 0 aliphatic carbocycles. The zero-order valence-electron chi connectivity index (χ0n) is 15.4. The van der Waals surface area contributed by atoms with Gasteiger partial charge < -0.3 is 14.8 Å². The van der Waals surface area contributed by atoms with Crippen molar-refractivity contribution in [3.8, 4) is 17.0 Å². The lowest BCUT2D eigenvalue weighted by Gasteiger charge is -2.16. The highest BCUT2D eigenvalue weighted by Crippen LogP contribution is 2.38. The van der Waals surface area contributed by atoms with Crippen LogP contribution < -0.4 is 15.0 Å². The third kappa shape index (κ3) is 3.22. The van der Waals surface area contributed by atoms with Crippen LogP contribution in [0.5, 0.6) is 5.75 Å². The number of aromatic nitrogens is 2. The fourth-order valence-corrected chi connectivity index (χ4v) is 3.52. The number of hydrogen-bond donors (Lipinski definition) is 1. The first kappa shape index (κ1) is 17.4. The maximum Gasteiger partial charge on any atom is 0.414 e. The molecule has 2 aliphatic rings. The van der Waals surface area contributed by atoms with Crippen LogP contribution in [0.2, 0.25) is 0 Å². The van der Waals surface area contributed by atoms with E-state index in [1.807, 2.05) is 29.1 Å². The number of carbonyl (C=O) groups is 2. The van der Waals surface area contributed by atoms with E-state index in [2.05, 4.69) is 17.3 Å². The minimum absolute atomic E-state index is 0.147. The second kappa shape index (κ2) is 6.94. The third-order valence-electron chi connectivity index (χ3n) is 4.83. The van der Waals surface area contributed by atoms with Crippen LogP contribution in [-0.2, 0) is 22.5 Å². The molecule has 4 rings (SSSR count). The Morgan fingerprint density at radius 3 is 3.04 bits per heavy atom. The Morgan fingerprint density at radius 1 is 1.41 bits per heavy atom. The van der Waals surface area contributed by atoms with Crippen LogP contribution in [0.4, 0.5) is 10.5 Å². The highest BCUT2D eigenvalue weighted by molar-refractivity contribution is 5.91. The molecule has 1 fully saturated rings. The van der Waals surface area contributed by atoms with Gasteiger partial charge in [-0.1, -0.05) is 0 Å². The van der Waals surface area contributed by atoms with Gasteiger partial charge in [0, 0.05) is 37.1 Å². The summed E-state index contributed by atoms with van der Waals surface area (Å²) in [5.41, 5.74) is 3.94. The summed E-state index contributed by atoms with van der Waals surface area (Å²) in [4.78, 5) is 24.9. The largest absolute Gasteiger partial charge is 0.492 e. The normalized spacial score (nSPS) is 18.2. The molecule has 8 heteroatoms. The standard InChI is InChI=1S/C19H22N4O4/c1-3-23-18-13(9-21-23)6-7-26-17-8-14(4-5-16(17)18)22-11-15(27-19(22)25)10-20-12(2)24/h4-5,8-9,15H,3,6-7,10-11H2,1-2H3,(H,20,24)/t15-/m0/s1. The summed E-state index contributed by atoms with van der Waals surface area (Å²) in [5.74, 6) is 0.589. The summed E-state index contributed by atoms with van der Waals surface area (Å²) < 4.78 is 13.3. The number of benzene rings is 1. The molecular weight excluding hydrogens is 348 g/mol. The maximum absolute atomic E-state index is 12.3. The number of nitrogens with one attached hydrogen (secondary N) is 1. The number of ether oxygens (including phenoxy) is 2. The molecule has 0 saturated carbocycles. The average Bonchev–Trinajstić information content (AvgIpc) is 3.18. The number of anilines is 1. The first-order chi connectivity index (χ1) is 13.1. The van der Waals surface area contributed by atoms with Gasteiger partial charge in [0.2, 0.25) is 5.91 Å². The van der Waals surface area contributed by atoms with Gasteiger partial charge in [-0.05, 0) is 19.1 Å². The predicted octanol–water partition coefficient (Wildman–Crippen LogP) is 1.97. The number of cyclic esters (lactones) is 1. The molecule has 2 amide bonds. The van der Waals surface area contributed by atoms with E-state index >= 15 is 0 Å². The molecular formula is C19H22N4O4. The SMILES string of the molecule is CCn1ncc2c1-c1ccc(N3C[C@H](CNC(C)=O)OC3=O)cc1OCC2. The number of nitrogens with zero attached hydrogens (tertiary/aromatic N) is 3. The monoisotopic (exact) mass is 370 g/mol. The molecule has 0 bridgehead atoms.